The van der Waals surface area contributed by atoms with E-state index in [1.165, 1.54) is 6.26 Å². The van der Waals surface area contributed by atoms with E-state index in [9.17, 15) is 4.79 Å². The standard InChI is InChI=1S/C28H19ClO5/c29-24-11-4-5-12-25(24)34-27-18-32-26-16-21(13-14-23(26)28(27)30)31-17-19-7-6-10-22(15-19)33-20-8-2-1-3-9-20/h1-16,18H,17H2. The summed E-state index contributed by atoms with van der Waals surface area (Å²) >= 11 is 6.12. The summed E-state index contributed by atoms with van der Waals surface area (Å²) < 4.78 is 23.1. The van der Waals surface area contributed by atoms with Gasteiger partial charge in [0.25, 0.3) is 0 Å². The Hall–Kier alpha value is -4.22. The van der Waals surface area contributed by atoms with E-state index < -0.39 is 0 Å². The van der Waals surface area contributed by atoms with Gasteiger partial charge in [-0.15, -0.1) is 0 Å². The maximum Gasteiger partial charge on any atom is 0.235 e. The molecular weight excluding hydrogens is 452 g/mol. The largest absolute Gasteiger partial charge is 0.489 e. The highest BCUT2D eigenvalue weighted by molar-refractivity contribution is 6.32. The van der Waals surface area contributed by atoms with E-state index in [1.54, 1.807) is 42.5 Å². The van der Waals surface area contributed by atoms with Crippen molar-refractivity contribution >= 4 is 22.6 Å². The second-order valence-corrected chi connectivity index (χ2v) is 7.88. The number of ether oxygens (including phenoxy) is 3. The first-order chi connectivity index (χ1) is 16.7. The zero-order valence-corrected chi connectivity index (χ0v) is 18.7. The van der Waals surface area contributed by atoms with Gasteiger partial charge in [-0.1, -0.05) is 54.1 Å². The fourth-order valence-electron chi connectivity index (χ4n) is 3.39. The average Bonchev–Trinajstić information content (AvgIpc) is 2.86. The third kappa shape index (κ3) is 4.90. The molecule has 0 spiro atoms. The van der Waals surface area contributed by atoms with Crippen molar-refractivity contribution in [3.05, 3.63) is 124 Å². The highest BCUT2D eigenvalue weighted by Gasteiger charge is 2.12. The monoisotopic (exact) mass is 470 g/mol. The molecule has 34 heavy (non-hydrogen) atoms. The second-order valence-electron chi connectivity index (χ2n) is 7.47. The molecule has 0 amide bonds. The van der Waals surface area contributed by atoms with Gasteiger partial charge in [0.15, 0.2) is 0 Å². The Balaban J connectivity index is 1.30. The lowest BCUT2D eigenvalue weighted by molar-refractivity contribution is 0.305. The van der Waals surface area contributed by atoms with E-state index in [1.807, 2.05) is 54.6 Å². The number of rotatable bonds is 7. The number of halogens is 1. The highest BCUT2D eigenvalue weighted by atomic mass is 35.5. The van der Waals surface area contributed by atoms with E-state index in [4.69, 9.17) is 30.2 Å². The van der Waals surface area contributed by atoms with Crippen molar-refractivity contribution in [1.82, 2.24) is 0 Å². The first kappa shape index (κ1) is 21.6. The normalized spacial score (nSPS) is 10.7. The van der Waals surface area contributed by atoms with Gasteiger partial charge < -0.3 is 18.6 Å². The van der Waals surface area contributed by atoms with E-state index in [0.717, 1.165) is 17.1 Å². The summed E-state index contributed by atoms with van der Waals surface area (Å²) in [5.41, 5.74) is 1.05. The minimum Gasteiger partial charge on any atom is -0.489 e. The fraction of sp³-hybridized carbons (Fsp3) is 0.0357. The lowest BCUT2D eigenvalue weighted by atomic mass is 10.2. The molecule has 4 aromatic carbocycles. The van der Waals surface area contributed by atoms with Crippen LogP contribution in [0.3, 0.4) is 0 Å². The first-order valence-electron chi connectivity index (χ1n) is 10.6. The van der Waals surface area contributed by atoms with Crippen molar-refractivity contribution in [2.75, 3.05) is 0 Å². The molecule has 0 unspecified atom stereocenters. The second kappa shape index (κ2) is 9.73. The van der Waals surface area contributed by atoms with Gasteiger partial charge in [0.2, 0.25) is 11.2 Å². The van der Waals surface area contributed by atoms with E-state index in [0.29, 0.717) is 34.1 Å². The summed E-state index contributed by atoms with van der Waals surface area (Å²) in [6.45, 7) is 0.329. The van der Waals surface area contributed by atoms with Crippen molar-refractivity contribution in [3.63, 3.8) is 0 Å². The summed E-state index contributed by atoms with van der Waals surface area (Å²) in [6.07, 6.45) is 1.28. The summed E-state index contributed by atoms with van der Waals surface area (Å²) in [6, 6.07) is 29.3. The summed E-state index contributed by atoms with van der Waals surface area (Å²) in [5, 5.41) is 0.791. The third-order valence-electron chi connectivity index (χ3n) is 5.05. The van der Waals surface area contributed by atoms with Gasteiger partial charge in [-0.3, -0.25) is 4.79 Å². The lowest BCUT2D eigenvalue weighted by Crippen LogP contribution is -2.05. The molecule has 0 atom stereocenters. The molecule has 1 heterocycles. The molecule has 0 bridgehead atoms. The molecule has 5 nitrogen and oxygen atoms in total. The van der Waals surface area contributed by atoms with Gasteiger partial charge >= 0.3 is 0 Å². The first-order valence-corrected chi connectivity index (χ1v) is 11.0. The topological polar surface area (TPSA) is 57.9 Å². The smallest absolute Gasteiger partial charge is 0.235 e. The van der Waals surface area contributed by atoms with Crippen LogP contribution in [0.2, 0.25) is 5.02 Å². The number of hydrogen-bond acceptors (Lipinski definition) is 5. The van der Waals surface area contributed by atoms with Crippen molar-refractivity contribution in [3.8, 4) is 28.7 Å². The van der Waals surface area contributed by atoms with Crippen molar-refractivity contribution in [2.45, 2.75) is 6.61 Å². The molecule has 5 rings (SSSR count). The maximum atomic E-state index is 12.8. The van der Waals surface area contributed by atoms with Crippen LogP contribution in [0, 0.1) is 0 Å². The maximum absolute atomic E-state index is 12.8. The molecule has 0 fully saturated rings. The Morgan fingerprint density at radius 3 is 2.35 bits per heavy atom. The van der Waals surface area contributed by atoms with Gasteiger partial charge in [-0.25, -0.2) is 0 Å². The highest BCUT2D eigenvalue weighted by Crippen LogP contribution is 2.29. The number of fused-ring (bicyclic) bond motifs is 1. The zero-order chi connectivity index (χ0) is 23.3. The summed E-state index contributed by atoms with van der Waals surface area (Å²) in [5.74, 6) is 2.51. The Kier molecular flexibility index (Phi) is 6.19. The SMILES string of the molecule is O=c1c(Oc2ccccc2Cl)coc2cc(OCc3cccc(Oc4ccccc4)c3)ccc12. The Labute approximate surface area is 200 Å². The third-order valence-corrected chi connectivity index (χ3v) is 5.37. The van der Waals surface area contributed by atoms with Crippen LogP contribution < -0.4 is 19.6 Å². The van der Waals surface area contributed by atoms with E-state index >= 15 is 0 Å². The Bertz CT molecular complexity index is 1490. The molecule has 1 aromatic heterocycles. The Morgan fingerprint density at radius 1 is 0.706 bits per heavy atom. The van der Waals surface area contributed by atoms with E-state index in [2.05, 4.69) is 0 Å². The fourth-order valence-corrected chi connectivity index (χ4v) is 3.56. The summed E-state index contributed by atoms with van der Waals surface area (Å²) in [4.78, 5) is 12.8. The van der Waals surface area contributed by atoms with Crippen LogP contribution in [0.4, 0.5) is 0 Å². The zero-order valence-electron chi connectivity index (χ0n) is 17.9. The van der Waals surface area contributed by atoms with Crippen LogP contribution in [-0.2, 0) is 6.61 Å². The number of benzene rings is 4. The van der Waals surface area contributed by atoms with Gasteiger partial charge in [0, 0.05) is 6.07 Å². The van der Waals surface area contributed by atoms with Crippen LogP contribution in [0.15, 0.2) is 113 Å². The average molecular weight is 471 g/mol. The van der Waals surface area contributed by atoms with Crippen molar-refractivity contribution in [1.29, 1.82) is 0 Å². The van der Waals surface area contributed by atoms with Gasteiger partial charge in [0.1, 0.15) is 41.5 Å². The summed E-state index contributed by atoms with van der Waals surface area (Å²) in [7, 11) is 0. The molecule has 168 valence electrons. The van der Waals surface area contributed by atoms with Crippen molar-refractivity contribution < 1.29 is 18.6 Å². The molecule has 0 radical (unpaired) electrons. The molecule has 0 aliphatic heterocycles. The van der Waals surface area contributed by atoms with Crippen LogP contribution in [0.5, 0.6) is 28.7 Å². The molecule has 0 saturated carbocycles. The lowest BCUT2D eigenvalue weighted by Gasteiger charge is -2.10. The van der Waals surface area contributed by atoms with Gasteiger partial charge in [-0.2, -0.15) is 0 Å². The molecular formula is C28H19ClO5. The predicted molar refractivity (Wildman–Crippen MR) is 131 cm³/mol. The molecule has 6 heteroatoms. The van der Waals surface area contributed by atoms with Crippen LogP contribution in [0.25, 0.3) is 11.0 Å². The molecule has 0 saturated heterocycles. The van der Waals surface area contributed by atoms with Crippen molar-refractivity contribution in [2.24, 2.45) is 0 Å². The molecule has 5 aromatic rings. The predicted octanol–water partition coefficient (Wildman–Crippen LogP) is 7.61. The molecule has 0 N–H and O–H groups in total. The van der Waals surface area contributed by atoms with Gasteiger partial charge in [-0.05, 0) is 54.1 Å². The minimum absolute atomic E-state index is 0.0597. The van der Waals surface area contributed by atoms with Crippen LogP contribution >= 0.6 is 11.6 Å². The van der Waals surface area contributed by atoms with Crippen LogP contribution in [-0.4, -0.2) is 0 Å². The number of hydrogen-bond donors (Lipinski definition) is 0. The quantitative estimate of drug-likeness (QED) is 0.245. The molecule has 0 aliphatic rings. The molecule has 0 aliphatic carbocycles. The van der Waals surface area contributed by atoms with E-state index in [-0.39, 0.29) is 11.2 Å². The Morgan fingerprint density at radius 2 is 1.50 bits per heavy atom. The number of para-hydroxylation sites is 2. The van der Waals surface area contributed by atoms with Crippen LogP contribution in [0.1, 0.15) is 5.56 Å². The van der Waals surface area contributed by atoms with Gasteiger partial charge in [0.05, 0.1) is 10.4 Å². The minimum atomic E-state index is -0.293.